The van der Waals surface area contributed by atoms with Crippen molar-refractivity contribution in [3.8, 4) is 11.5 Å². The molecule has 21 heavy (non-hydrogen) atoms. The molecule has 0 unspecified atom stereocenters. The van der Waals surface area contributed by atoms with Crippen LogP contribution in [0.25, 0.3) is 0 Å². The Bertz CT molecular complexity index is 679. The number of aromatic nitrogens is 1. The van der Waals surface area contributed by atoms with Gasteiger partial charge in [0.15, 0.2) is 0 Å². The van der Waals surface area contributed by atoms with E-state index in [4.69, 9.17) is 22.1 Å². The minimum absolute atomic E-state index is 0.262. The molecule has 0 atom stereocenters. The molecule has 0 aliphatic rings. The van der Waals surface area contributed by atoms with E-state index >= 15 is 0 Å². The van der Waals surface area contributed by atoms with E-state index in [2.05, 4.69) is 26.2 Å². The van der Waals surface area contributed by atoms with Gasteiger partial charge in [0.2, 0.25) is 0 Å². The molecule has 0 aliphatic heterocycles. The second-order valence-corrected chi connectivity index (χ2v) is 5.46. The topological polar surface area (TPSA) is 77.2 Å². The molecular weight excluding hydrogens is 358 g/mol. The summed E-state index contributed by atoms with van der Waals surface area (Å²) in [5, 5.41) is 3.16. The first-order valence-electron chi connectivity index (χ1n) is 6.17. The van der Waals surface area contributed by atoms with E-state index in [-0.39, 0.29) is 5.91 Å². The number of anilines is 1. The SMILES string of the molecule is CCNC(=O)c1cc(N)c(Br)cc1Oc1cncc(Cl)c1. The van der Waals surface area contributed by atoms with Gasteiger partial charge in [-0.3, -0.25) is 9.78 Å². The van der Waals surface area contributed by atoms with E-state index in [9.17, 15) is 4.79 Å². The van der Waals surface area contributed by atoms with Gasteiger partial charge in [-0.25, -0.2) is 0 Å². The van der Waals surface area contributed by atoms with Gasteiger partial charge in [0.05, 0.1) is 16.8 Å². The van der Waals surface area contributed by atoms with E-state index in [0.717, 1.165) is 0 Å². The zero-order valence-corrected chi connectivity index (χ0v) is 13.5. The van der Waals surface area contributed by atoms with Crippen molar-refractivity contribution in [3.05, 3.63) is 45.7 Å². The first kappa shape index (κ1) is 15.6. The molecule has 0 saturated heterocycles. The Morgan fingerprint density at radius 1 is 1.43 bits per heavy atom. The molecule has 0 radical (unpaired) electrons. The number of nitrogens with one attached hydrogen (secondary N) is 1. The maximum absolute atomic E-state index is 12.1. The number of carbonyl (C=O) groups excluding carboxylic acids is 1. The number of carbonyl (C=O) groups is 1. The number of hydrogen-bond acceptors (Lipinski definition) is 4. The van der Waals surface area contributed by atoms with Crippen molar-refractivity contribution < 1.29 is 9.53 Å². The Kier molecular flexibility index (Phi) is 5.03. The molecule has 0 saturated carbocycles. The van der Waals surface area contributed by atoms with E-state index in [1.165, 1.54) is 12.4 Å². The van der Waals surface area contributed by atoms with Crippen LogP contribution in [0, 0.1) is 0 Å². The Labute approximate surface area is 135 Å². The number of rotatable bonds is 4. The van der Waals surface area contributed by atoms with Crippen molar-refractivity contribution in [2.24, 2.45) is 0 Å². The molecule has 1 aromatic heterocycles. The second-order valence-electron chi connectivity index (χ2n) is 4.17. The molecule has 0 aliphatic carbocycles. The van der Waals surface area contributed by atoms with Crippen LogP contribution >= 0.6 is 27.5 Å². The average molecular weight is 371 g/mol. The van der Waals surface area contributed by atoms with Crippen LogP contribution in [0.1, 0.15) is 17.3 Å². The van der Waals surface area contributed by atoms with E-state index in [1.54, 1.807) is 18.2 Å². The third-order valence-electron chi connectivity index (χ3n) is 2.59. The largest absolute Gasteiger partial charge is 0.455 e. The minimum atomic E-state index is -0.262. The molecular formula is C14H13BrClN3O2. The standard InChI is InChI=1S/C14H13BrClN3O2/c1-2-19-14(20)10-4-12(17)11(15)5-13(10)21-9-3-8(16)6-18-7-9/h3-7H,2,17H2,1H3,(H,19,20). The highest BCUT2D eigenvalue weighted by molar-refractivity contribution is 9.10. The van der Waals surface area contributed by atoms with Gasteiger partial charge < -0.3 is 15.8 Å². The van der Waals surface area contributed by atoms with Crippen LogP contribution in [0.5, 0.6) is 11.5 Å². The smallest absolute Gasteiger partial charge is 0.255 e. The van der Waals surface area contributed by atoms with Gasteiger partial charge >= 0.3 is 0 Å². The summed E-state index contributed by atoms with van der Waals surface area (Å²) in [5.41, 5.74) is 6.62. The minimum Gasteiger partial charge on any atom is -0.455 e. The quantitative estimate of drug-likeness (QED) is 0.806. The van der Waals surface area contributed by atoms with Gasteiger partial charge in [-0.15, -0.1) is 0 Å². The summed E-state index contributed by atoms with van der Waals surface area (Å²) < 4.78 is 6.34. The molecule has 2 rings (SSSR count). The van der Waals surface area contributed by atoms with E-state index in [1.807, 2.05) is 6.92 Å². The van der Waals surface area contributed by atoms with Crippen molar-refractivity contribution in [3.63, 3.8) is 0 Å². The van der Waals surface area contributed by atoms with Gasteiger partial charge in [-0.1, -0.05) is 11.6 Å². The number of amides is 1. The fraction of sp³-hybridized carbons (Fsp3) is 0.143. The fourth-order valence-corrected chi connectivity index (χ4v) is 2.15. The number of nitrogens with two attached hydrogens (primary N) is 1. The maximum Gasteiger partial charge on any atom is 0.255 e. The molecule has 0 spiro atoms. The van der Waals surface area contributed by atoms with Gasteiger partial charge in [0.25, 0.3) is 5.91 Å². The Morgan fingerprint density at radius 2 is 2.19 bits per heavy atom. The third-order valence-corrected chi connectivity index (χ3v) is 3.48. The summed E-state index contributed by atoms with van der Waals surface area (Å²) in [6.07, 6.45) is 3.01. The number of nitrogen functional groups attached to an aromatic ring is 1. The molecule has 7 heteroatoms. The summed E-state index contributed by atoms with van der Waals surface area (Å²) >= 11 is 9.19. The molecule has 1 heterocycles. The highest BCUT2D eigenvalue weighted by atomic mass is 79.9. The maximum atomic E-state index is 12.1. The predicted octanol–water partition coefficient (Wildman–Crippen LogP) is 3.62. The summed E-state index contributed by atoms with van der Waals surface area (Å²) in [7, 11) is 0. The van der Waals surface area contributed by atoms with Crippen LogP contribution in [-0.4, -0.2) is 17.4 Å². The lowest BCUT2D eigenvalue weighted by Crippen LogP contribution is -2.23. The molecule has 3 N–H and O–H groups in total. The van der Waals surface area contributed by atoms with Gasteiger partial charge in [0, 0.05) is 29.0 Å². The molecule has 0 fully saturated rings. The third kappa shape index (κ3) is 3.86. The predicted molar refractivity (Wildman–Crippen MR) is 85.9 cm³/mol. The van der Waals surface area contributed by atoms with Crippen LogP contribution < -0.4 is 15.8 Å². The molecule has 0 bridgehead atoms. The van der Waals surface area contributed by atoms with Crippen LogP contribution in [0.15, 0.2) is 35.1 Å². The van der Waals surface area contributed by atoms with Gasteiger partial charge in [0.1, 0.15) is 11.5 Å². The van der Waals surface area contributed by atoms with Crippen LogP contribution in [-0.2, 0) is 0 Å². The summed E-state index contributed by atoms with van der Waals surface area (Å²) in [4.78, 5) is 16.0. The van der Waals surface area contributed by atoms with Crippen LogP contribution in [0.2, 0.25) is 5.02 Å². The lowest BCUT2D eigenvalue weighted by atomic mass is 10.1. The Hall–Kier alpha value is -1.79. The molecule has 1 amide bonds. The fourth-order valence-electron chi connectivity index (χ4n) is 1.66. The molecule has 2 aromatic rings. The zero-order valence-electron chi connectivity index (χ0n) is 11.2. The molecule has 110 valence electrons. The monoisotopic (exact) mass is 369 g/mol. The number of ether oxygens (including phenoxy) is 1. The van der Waals surface area contributed by atoms with E-state index in [0.29, 0.717) is 38.8 Å². The number of nitrogens with zero attached hydrogens (tertiary/aromatic N) is 1. The van der Waals surface area contributed by atoms with Crippen LogP contribution in [0.3, 0.4) is 0 Å². The van der Waals surface area contributed by atoms with Crippen LogP contribution in [0.4, 0.5) is 5.69 Å². The number of hydrogen-bond donors (Lipinski definition) is 2. The van der Waals surface area contributed by atoms with Crippen molar-refractivity contribution in [1.29, 1.82) is 0 Å². The lowest BCUT2D eigenvalue weighted by molar-refractivity contribution is 0.0953. The summed E-state index contributed by atoms with van der Waals surface area (Å²) in [5.74, 6) is 0.539. The average Bonchev–Trinajstić information content (AvgIpc) is 2.43. The lowest BCUT2D eigenvalue weighted by Gasteiger charge is -2.13. The van der Waals surface area contributed by atoms with Crippen molar-refractivity contribution >= 4 is 39.1 Å². The zero-order chi connectivity index (χ0) is 15.4. The second kappa shape index (κ2) is 6.78. The number of pyridine rings is 1. The molecule has 5 nitrogen and oxygen atoms in total. The van der Waals surface area contributed by atoms with Gasteiger partial charge in [-0.05, 0) is 35.0 Å². The normalized spacial score (nSPS) is 10.2. The highest BCUT2D eigenvalue weighted by Gasteiger charge is 2.15. The van der Waals surface area contributed by atoms with E-state index < -0.39 is 0 Å². The van der Waals surface area contributed by atoms with Crippen molar-refractivity contribution in [2.45, 2.75) is 6.92 Å². The highest BCUT2D eigenvalue weighted by Crippen LogP contribution is 2.33. The number of benzene rings is 1. The first-order valence-corrected chi connectivity index (χ1v) is 7.34. The Morgan fingerprint density at radius 3 is 2.86 bits per heavy atom. The van der Waals surface area contributed by atoms with Crippen molar-refractivity contribution in [2.75, 3.05) is 12.3 Å². The first-order chi connectivity index (χ1) is 10.0. The summed E-state index contributed by atoms with van der Waals surface area (Å²) in [6, 6.07) is 4.81. The summed E-state index contributed by atoms with van der Waals surface area (Å²) in [6.45, 7) is 2.34. The molecule has 1 aromatic carbocycles. The van der Waals surface area contributed by atoms with Crippen molar-refractivity contribution in [1.82, 2.24) is 10.3 Å². The Balaban J connectivity index is 2.41. The number of halogens is 2. The van der Waals surface area contributed by atoms with Gasteiger partial charge in [-0.2, -0.15) is 0 Å².